The van der Waals surface area contributed by atoms with E-state index in [2.05, 4.69) is 5.32 Å². The molecule has 0 saturated carbocycles. The van der Waals surface area contributed by atoms with Gasteiger partial charge in [-0.1, -0.05) is 91.0 Å². The summed E-state index contributed by atoms with van der Waals surface area (Å²) in [5.41, 5.74) is 7.81. The third-order valence-corrected chi connectivity index (χ3v) is 7.55. The van der Waals surface area contributed by atoms with Gasteiger partial charge in [-0.2, -0.15) is 0 Å². The molecule has 5 N–H and O–H groups in total. The number of carbonyl (C=O) groups excluding carboxylic acids is 1. The van der Waals surface area contributed by atoms with Gasteiger partial charge in [0.2, 0.25) is 13.3 Å². The molecule has 0 aliphatic rings. The molecule has 0 spiro atoms. The third-order valence-electron chi connectivity index (χ3n) is 5.42. The van der Waals surface area contributed by atoms with Crippen LogP contribution in [0.3, 0.4) is 0 Å². The van der Waals surface area contributed by atoms with Gasteiger partial charge in [0.1, 0.15) is 5.78 Å². The van der Waals surface area contributed by atoms with Crippen molar-refractivity contribution in [1.82, 2.24) is 5.32 Å². The summed E-state index contributed by atoms with van der Waals surface area (Å²) in [6.07, 6.45) is -0.217. The highest BCUT2D eigenvalue weighted by molar-refractivity contribution is 7.58. The van der Waals surface area contributed by atoms with Crippen LogP contribution in [0, 0.1) is 5.92 Å². The summed E-state index contributed by atoms with van der Waals surface area (Å²) in [7, 11) is -4.02. The molecule has 0 heterocycles. The van der Waals surface area contributed by atoms with Crippen molar-refractivity contribution in [3.63, 3.8) is 0 Å². The molecule has 172 valence electrons. The van der Waals surface area contributed by atoms with Crippen LogP contribution in [0.25, 0.3) is 0 Å². The lowest BCUT2D eigenvalue weighted by atomic mass is 9.99. The van der Waals surface area contributed by atoms with E-state index in [1.807, 2.05) is 30.3 Å². The van der Waals surface area contributed by atoms with Gasteiger partial charge in [0.25, 0.3) is 0 Å². The summed E-state index contributed by atoms with van der Waals surface area (Å²) in [5, 5.41) is 12.2. The summed E-state index contributed by atoms with van der Waals surface area (Å²) in [4.78, 5) is 35.9. The molecular weight excluding hydrogens is 439 g/mol. The maximum atomic E-state index is 13.2. The molecule has 33 heavy (non-hydrogen) atoms. The van der Waals surface area contributed by atoms with Crippen molar-refractivity contribution in [1.29, 1.82) is 0 Å². The summed E-state index contributed by atoms with van der Waals surface area (Å²) < 4.78 is 13.2. The number of carboxylic acids is 1. The van der Waals surface area contributed by atoms with Crippen molar-refractivity contribution >= 4 is 19.2 Å². The predicted octanol–water partition coefficient (Wildman–Crippen LogP) is 3.72. The van der Waals surface area contributed by atoms with Crippen LogP contribution in [0.5, 0.6) is 0 Å². The monoisotopic (exact) mass is 466 g/mol. The van der Waals surface area contributed by atoms with E-state index in [1.54, 1.807) is 60.7 Å². The predicted molar refractivity (Wildman–Crippen MR) is 127 cm³/mol. The Morgan fingerprint density at radius 3 is 1.85 bits per heavy atom. The molecule has 4 atom stereocenters. The molecule has 0 saturated heterocycles. The van der Waals surface area contributed by atoms with Gasteiger partial charge < -0.3 is 21.1 Å². The Labute approximate surface area is 192 Å². The van der Waals surface area contributed by atoms with E-state index in [4.69, 9.17) is 5.73 Å². The van der Waals surface area contributed by atoms with Crippen LogP contribution < -0.4 is 11.1 Å². The molecule has 3 aromatic carbocycles. The molecule has 1 unspecified atom stereocenters. The fourth-order valence-corrected chi connectivity index (χ4v) is 5.44. The molecule has 0 aliphatic carbocycles. The molecule has 3 aromatic rings. The molecule has 0 aliphatic heterocycles. The zero-order valence-corrected chi connectivity index (χ0v) is 18.8. The van der Waals surface area contributed by atoms with Crippen molar-refractivity contribution in [3.8, 4) is 0 Å². The average Bonchev–Trinajstić information content (AvgIpc) is 2.83. The Morgan fingerprint density at radius 2 is 1.33 bits per heavy atom. The number of carboxylic acid groups (broad SMARTS) is 1. The van der Waals surface area contributed by atoms with Crippen LogP contribution in [0.15, 0.2) is 91.0 Å². The number of aliphatic carboxylic acids is 1. The first-order valence-electron chi connectivity index (χ1n) is 10.5. The molecule has 0 bridgehead atoms. The van der Waals surface area contributed by atoms with E-state index in [0.717, 1.165) is 5.56 Å². The number of hydrogen-bond acceptors (Lipinski definition) is 4. The third kappa shape index (κ3) is 6.62. The van der Waals surface area contributed by atoms with Gasteiger partial charge in [-0.3, -0.25) is 9.36 Å². The van der Waals surface area contributed by atoms with E-state index in [-0.39, 0.29) is 12.6 Å². The topological polar surface area (TPSA) is 130 Å². The Balaban J connectivity index is 1.86. The summed E-state index contributed by atoms with van der Waals surface area (Å²) in [5.74, 6) is -3.96. The summed E-state index contributed by atoms with van der Waals surface area (Å²) >= 11 is 0. The van der Waals surface area contributed by atoms with E-state index in [9.17, 15) is 24.2 Å². The van der Waals surface area contributed by atoms with Crippen LogP contribution in [-0.2, 0) is 20.6 Å². The van der Waals surface area contributed by atoms with Gasteiger partial charge in [-0.05, 0) is 23.1 Å². The van der Waals surface area contributed by atoms with E-state index < -0.39 is 37.0 Å². The van der Waals surface area contributed by atoms with Gasteiger partial charge in [0.05, 0.1) is 5.92 Å². The number of carbonyl (C=O) groups is 2. The van der Waals surface area contributed by atoms with Crippen LogP contribution in [0.1, 0.15) is 28.5 Å². The maximum Gasteiger partial charge on any atom is 0.330 e. The Morgan fingerprint density at radius 1 is 0.848 bits per heavy atom. The fraction of sp³-hybridized carbons (Fsp3) is 0.200. The number of benzene rings is 3. The van der Waals surface area contributed by atoms with Crippen molar-refractivity contribution < 1.29 is 24.2 Å². The normalized spacial score (nSPS) is 15.6. The SMILES string of the molecule is N[C@@H](c1ccccc1)P(=O)(O)C[C@@H](Cc1ccccc1)C(=O)N[C@H](C(=O)O)c1ccccc1. The second-order valence-electron chi connectivity index (χ2n) is 7.87. The fourth-order valence-electron chi connectivity index (χ4n) is 3.64. The highest BCUT2D eigenvalue weighted by Crippen LogP contribution is 2.54. The molecule has 8 heteroatoms. The molecule has 0 radical (unpaired) electrons. The lowest BCUT2D eigenvalue weighted by Crippen LogP contribution is -2.40. The summed E-state index contributed by atoms with van der Waals surface area (Å²) in [6, 6.07) is 24.7. The summed E-state index contributed by atoms with van der Waals surface area (Å²) in [6.45, 7) is 0. The van der Waals surface area contributed by atoms with Crippen molar-refractivity contribution in [2.75, 3.05) is 6.16 Å². The first kappa shape index (κ1) is 24.4. The quantitative estimate of drug-likeness (QED) is 0.337. The molecule has 0 fully saturated rings. The van der Waals surface area contributed by atoms with Crippen LogP contribution in [0.2, 0.25) is 0 Å². The second-order valence-corrected chi connectivity index (χ2v) is 10.3. The standard InChI is InChI=1S/C25H27N2O5P/c26-23(20-14-8-3-9-15-20)33(31,32)17-21(16-18-10-4-1-5-11-18)24(28)27-22(25(29)30)19-12-6-2-7-13-19/h1-15,21-23H,16-17,26H2,(H,27,28)(H,29,30)(H,31,32)/t21-,22+,23-/m1/s1. The van der Waals surface area contributed by atoms with Crippen LogP contribution in [0.4, 0.5) is 0 Å². The number of nitrogens with one attached hydrogen (secondary N) is 1. The lowest BCUT2D eigenvalue weighted by molar-refractivity contribution is -0.142. The minimum Gasteiger partial charge on any atom is -0.479 e. The van der Waals surface area contributed by atoms with Gasteiger partial charge in [0.15, 0.2) is 6.04 Å². The molecular formula is C25H27N2O5P. The smallest absolute Gasteiger partial charge is 0.330 e. The van der Waals surface area contributed by atoms with Crippen LogP contribution in [-0.4, -0.2) is 28.0 Å². The second kappa shape index (κ2) is 11.1. The largest absolute Gasteiger partial charge is 0.479 e. The first-order valence-corrected chi connectivity index (χ1v) is 12.4. The zero-order valence-electron chi connectivity index (χ0n) is 18.0. The van der Waals surface area contributed by atoms with Gasteiger partial charge in [0, 0.05) is 6.16 Å². The minimum absolute atomic E-state index is 0.167. The van der Waals surface area contributed by atoms with E-state index in [1.165, 1.54) is 0 Å². The molecule has 1 amide bonds. The maximum absolute atomic E-state index is 13.2. The molecule has 3 rings (SSSR count). The number of amides is 1. The molecule has 0 aromatic heterocycles. The zero-order chi connectivity index (χ0) is 23.8. The molecule has 7 nitrogen and oxygen atoms in total. The van der Waals surface area contributed by atoms with Crippen molar-refractivity contribution in [3.05, 3.63) is 108 Å². The Bertz CT molecular complexity index is 1110. The Hall–Kier alpha value is -3.25. The first-order chi connectivity index (χ1) is 15.8. The van der Waals surface area contributed by atoms with Crippen LogP contribution >= 0.6 is 7.37 Å². The number of rotatable bonds is 10. The van der Waals surface area contributed by atoms with E-state index in [0.29, 0.717) is 11.1 Å². The van der Waals surface area contributed by atoms with Crippen molar-refractivity contribution in [2.45, 2.75) is 18.2 Å². The van der Waals surface area contributed by atoms with Gasteiger partial charge in [-0.15, -0.1) is 0 Å². The number of nitrogens with two attached hydrogens (primary N) is 1. The highest BCUT2D eigenvalue weighted by atomic mass is 31.2. The average molecular weight is 466 g/mol. The van der Waals surface area contributed by atoms with E-state index >= 15 is 0 Å². The van der Waals surface area contributed by atoms with Gasteiger partial charge >= 0.3 is 5.97 Å². The number of hydrogen-bond donors (Lipinski definition) is 4. The lowest BCUT2D eigenvalue weighted by Gasteiger charge is -2.26. The van der Waals surface area contributed by atoms with Gasteiger partial charge in [-0.25, -0.2) is 4.79 Å². The Kier molecular flexibility index (Phi) is 8.17. The van der Waals surface area contributed by atoms with Crippen molar-refractivity contribution in [2.24, 2.45) is 11.7 Å². The highest BCUT2D eigenvalue weighted by Gasteiger charge is 2.36. The minimum atomic E-state index is -4.02.